The van der Waals surface area contributed by atoms with Crippen molar-refractivity contribution < 1.29 is 4.74 Å². The molecular weight excluding hydrogens is 290 g/mol. The molecule has 1 N–H and O–H groups in total. The van der Waals surface area contributed by atoms with Gasteiger partial charge in [-0.05, 0) is 37.3 Å². The van der Waals surface area contributed by atoms with Gasteiger partial charge < -0.3 is 9.72 Å². The second-order valence-electron chi connectivity index (χ2n) is 4.18. The minimum absolute atomic E-state index is 0.804. The highest BCUT2D eigenvalue weighted by atomic mass is 79.9. The van der Waals surface area contributed by atoms with E-state index in [0.717, 1.165) is 27.2 Å². The molecule has 18 heavy (non-hydrogen) atoms. The third-order valence-electron chi connectivity index (χ3n) is 2.95. The lowest BCUT2D eigenvalue weighted by Crippen LogP contribution is -1.85. The highest BCUT2D eigenvalue weighted by molar-refractivity contribution is 9.10. The van der Waals surface area contributed by atoms with Gasteiger partial charge in [0.25, 0.3) is 0 Å². The number of para-hydroxylation sites is 1. The van der Waals surface area contributed by atoms with E-state index in [4.69, 9.17) is 4.74 Å². The Morgan fingerprint density at radius 3 is 2.44 bits per heavy atom. The molecule has 0 saturated heterocycles. The minimum Gasteiger partial charge on any atom is -0.441 e. The molecule has 2 nitrogen and oxygen atoms in total. The average molecular weight is 302 g/mol. The standard InChI is InChI=1S/C15H12BrNO/c1-10-13-4-2-3-5-14(13)17-15(10)18-12-8-6-11(16)7-9-12/h2-9,17H,1H3. The summed E-state index contributed by atoms with van der Waals surface area (Å²) in [6.45, 7) is 2.06. The lowest BCUT2D eigenvalue weighted by Gasteiger charge is -2.04. The largest absolute Gasteiger partial charge is 0.441 e. The number of aromatic nitrogens is 1. The summed E-state index contributed by atoms with van der Waals surface area (Å²) >= 11 is 3.41. The molecule has 3 rings (SSSR count). The van der Waals surface area contributed by atoms with Crippen LogP contribution in [0, 0.1) is 6.92 Å². The number of nitrogens with one attached hydrogen (secondary N) is 1. The molecule has 0 bridgehead atoms. The lowest BCUT2D eigenvalue weighted by atomic mass is 10.2. The van der Waals surface area contributed by atoms with Crippen LogP contribution in [0.1, 0.15) is 5.56 Å². The van der Waals surface area contributed by atoms with Crippen LogP contribution in [0.4, 0.5) is 0 Å². The van der Waals surface area contributed by atoms with Crippen LogP contribution in [0.5, 0.6) is 11.6 Å². The van der Waals surface area contributed by atoms with Crippen molar-refractivity contribution in [2.75, 3.05) is 0 Å². The number of hydrogen-bond acceptors (Lipinski definition) is 1. The van der Waals surface area contributed by atoms with Crippen molar-refractivity contribution >= 4 is 26.8 Å². The Morgan fingerprint density at radius 2 is 1.72 bits per heavy atom. The Morgan fingerprint density at radius 1 is 1.00 bits per heavy atom. The van der Waals surface area contributed by atoms with E-state index in [2.05, 4.69) is 40.0 Å². The Kier molecular flexibility index (Phi) is 2.84. The molecular formula is C15H12BrNO. The maximum Gasteiger partial charge on any atom is 0.201 e. The first-order chi connectivity index (χ1) is 8.74. The topological polar surface area (TPSA) is 25.0 Å². The van der Waals surface area contributed by atoms with Crippen molar-refractivity contribution in [3.63, 3.8) is 0 Å². The molecule has 1 aromatic heterocycles. The van der Waals surface area contributed by atoms with Crippen LogP contribution in [0.3, 0.4) is 0 Å². The first-order valence-corrected chi connectivity index (χ1v) is 6.54. The van der Waals surface area contributed by atoms with Crippen LogP contribution >= 0.6 is 15.9 Å². The normalized spacial score (nSPS) is 10.8. The van der Waals surface area contributed by atoms with Crippen molar-refractivity contribution in [1.29, 1.82) is 0 Å². The number of rotatable bonds is 2. The Balaban J connectivity index is 1.99. The van der Waals surface area contributed by atoms with E-state index in [0.29, 0.717) is 0 Å². The summed E-state index contributed by atoms with van der Waals surface area (Å²) in [6, 6.07) is 16.0. The monoisotopic (exact) mass is 301 g/mol. The van der Waals surface area contributed by atoms with Gasteiger partial charge in [0, 0.05) is 20.9 Å². The molecule has 0 amide bonds. The van der Waals surface area contributed by atoms with Crippen molar-refractivity contribution in [3.05, 3.63) is 58.6 Å². The number of aromatic amines is 1. The molecule has 0 radical (unpaired) electrons. The smallest absolute Gasteiger partial charge is 0.201 e. The molecule has 1 heterocycles. The third-order valence-corrected chi connectivity index (χ3v) is 3.48. The summed E-state index contributed by atoms with van der Waals surface area (Å²) in [7, 11) is 0. The fourth-order valence-electron chi connectivity index (χ4n) is 1.98. The molecule has 90 valence electrons. The molecule has 3 aromatic rings. The van der Waals surface area contributed by atoms with Gasteiger partial charge in [-0.2, -0.15) is 0 Å². The predicted molar refractivity (Wildman–Crippen MR) is 77.3 cm³/mol. The zero-order chi connectivity index (χ0) is 12.5. The van der Waals surface area contributed by atoms with E-state index in [9.17, 15) is 0 Å². The second-order valence-corrected chi connectivity index (χ2v) is 5.10. The Labute approximate surface area is 114 Å². The molecule has 0 aliphatic rings. The third kappa shape index (κ3) is 2.02. The molecule has 0 aliphatic carbocycles. The van der Waals surface area contributed by atoms with Gasteiger partial charge >= 0.3 is 0 Å². The molecule has 2 aromatic carbocycles. The first-order valence-electron chi connectivity index (χ1n) is 5.75. The summed E-state index contributed by atoms with van der Waals surface area (Å²) in [5.74, 6) is 1.63. The number of H-pyrrole nitrogens is 1. The Bertz CT molecular complexity index is 685. The second kappa shape index (κ2) is 4.50. The van der Waals surface area contributed by atoms with E-state index >= 15 is 0 Å². The number of aryl methyl sites for hydroxylation is 1. The SMILES string of the molecule is Cc1c(Oc2ccc(Br)cc2)[nH]c2ccccc12. The molecule has 3 heteroatoms. The zero-order valence-electron chi connectivity index (χ0n) is 9.91. The Hall–Kier alpha value is -1.74. The molecule has 0 unspecified atom stereocenters. The van der Waals surface area contributed by atoms with Crippen molar-refractivity contribution in [2.45, 2.75) is 6.92 Å². The number of fused-ring (bicyclic) bond motifs is 1. The molecule has 0 spiro atoms. The van der Waals surface area contributed by atoms with Gasteiger partial charge in [0.1, 0.15) is 5.75 Å². The van der Waals surface area contributed by atoms with E-state index in [1.165, 1.54) is 5.39 Å². The van der Waals surface area contributed by atoms with E-state index in [1.807, 2.05) is 36.4 Å². The van der Waals surface area contributed by atoms with Gasteiger partial charge in [-0.3, -0.25) is 0 Å². The fourth-order valence-corrected chi connectivity index (χ4v) is 2.24. The number of benzene rings is 2. The van der Waals surface area contributed by atoms with Gasteiger partial charge in [0.15, 0.2) is 0 Å². The van der Waals surface area contributed by atoms with E-state index in [-0.39, 0.29) is 0 Å². The van der Waals surface area contributed by atoms with Gasteiger partial charge in [0.05, 0.1) is 0 Å². The van der Waals surface area contributed by atoms with Crippen LogP contribution in [-0.4, -0.2) is 4.98 Å². The zero-order valence-corrected chi connectivity index (χ0v) is 11.5. The quantitative estimate of drug-likeness (QED) is 0.705. The lowest BCUT2D eigenvalue weighted by molar-refractivity contribution is 0.464. The first kappa shape index (κ1) is 11.4. The minimum atomic E-state index is 0.804. The van der Waals surface area contributed by atoms with Crippen LogP contribution in [0.15, 0.2) is 53.0 Å². The van der Waals surface area contributed by atoms with Crippen molar-refractivity contribution in [1.82, 2.24) is 4.98 Å². The van der Waals surface area contributed by atoms with Gasteiger partial charge in [-0.25, -0.2) is 0 Å². The summed E-state index contributed by atoms with van der Waals surface area (Å²) in [6.07, 6.45) is 0. The van der Waals surface area contributed by atoms with Gasteiger partial charge in [-0.15, -0.1) is 0 Å². The van der Waals surface area contributed by atoms with E-state index < -0.39 is 0 Å². The van der Waals surface area contributed by atoms with Crippen LogP contribution in [0.25, 0.3) is 10.9 Å². The molecule has 0 atom stereocenters. The average Bonchev–Trinajstić information content (AvgIpc) is 2.70. The van der Waals surface area contributed by atoms with Gasteiger partial charge in [-0.1, -0.05) is 34.1 Å². The highest BCUT2D eigenvalue weighted by Crippen LogP contribution is 2.30. The number of hydrogen-bond donors (Lipinski definition) is 1. The predicted octanol–water partition coefficient (Wildman–Crippen LogP) is 5.03. The highest BCUT2D eigenvalue weighted by Gasteiger charge is 2.08. The summed E-state index contributed by atoms with van der Waals surface area (Å²) in [5.41, 5.74) is 2.23. The van der Waals surface area contributed by atoms with Crippen LogP contribution in [0.2, 0.25) is 0 Å². The van der Waals surface area contributed by atoms with Crippen LogP contribution in [-0.2, 0) is 0 Å². The summed E-state index contributed by atoms with van der Waals surface area (Å²) in [4.78, 5) is 3.29. The molecule has 0 aliphatic heterocycles. The fraction of sp³-hybridized carbons (Fsp3) is 0.0667. The van der Waals surface area contributed by atoms with E-state index in [1.54, 1.807) is 0 Å². The van der Waals surface area contributed by atoms with Crippen LogP contribution < -0.4 is 4.74 Å². The molecule has 0 saturated carbocycles. The maximum absolute atomic E-state index is 5.87. The van der Waals surface area contributed by atoms with Crippen molar-refractivity contribution in [2.24, 2.45) is 0 Å². The summed E-state index contributed by atoms with van der Waals surface area (Å²) < 4.78 is 6.92. The van der Waals surface area contributed by atoms with Gasteiger partial charge in [0.2, 0.25) is 5.88 Å². The number of halogens is 1. The maximum atomic E-state index is 5.87. The molecule has 0 fully saturated rings. The summed E-state index contributed by atoms with van der Waals surface area (Å²) in [5, 5.41) is 1.20. The number of ether oxygens (including phenoxy) is 1. The van der Waals surface area contributed by atoms with Crippen molar-refractivity contribution in [3.8, 4) is 11.6 Å².